The fourth-order valence-corrected chi connectivity index (χ4v) is 10.3. The van der Waals surface area contributed by atoms with Crippen LogP contribution in [0.25, 0.3) is 44.7 Å². The molecule has 0 unspecified atom stereocenters. The zero-order valence-electron chi connectivity index (χ0n) is 43.3. The number of pyridine rings is 1. The van der Waals surface area contributed by atoms with Gasteiger partial charge in [-0.05, 0) is 56.2 Å². The van der Waals surface area contributed by atoms with Gasteiger partial charge in [-0.15, -0.1) is 0 Å². The van der Waals surface area contributed by atoms with E-state index in [1.54, 1.807) is 0 Å². The van der Waals surface area contributed by atoms with E-state index in [-0.39, 0.29) is 27.1 Å². The summed E-state index contributed by atoms with van der Waals surface area (Å²) in [7, 11) is 0. The van der Waals surface area contributed by atoms with E-state index in [2.05, 4.69) is 259 Å². The molecule has 0 fully saturated rings. The second kappa shape index (κ2) is 17.3. The molecule has 6 heteroatoms. The summed E-state index contributed by atoms with van der Waals surface area (Å²) in [4.78, 5) is 7.32. The molecule has 6 aromatic carbocycles. The van der Waals surface area contributed by atoms with Crippen LogP contribution >= 0.6 is 0 Å². The minimum atomic E-state index is -0.0479. The normalized spacial score (nSPS) is 13.4. The minimum absolute atomic E-state index is 0.0134. The predicted molar refractivity (Wildman–Crippen MR) is 284 cm³/mol. The van der Waals surface area contributed by atoms with E-state index < -0.39 is 0 Å². The standard InChI is InChI=1S/C63H68N4O.Pt/c1-59(2,3)44-27-28-64-58(36-44)65-39-43-29-41(42-30-45(60(4,5)6)32-46(31-42)61(7,8)9)23-25-53(43)54-26-24-52(38-57(54)65)68-51-20-18-19-49(37-51)66-40-67(56-22-17-16-21-55(56)66)50-34-47(62(10,11)12)33-48(35-50)63(13,14)15;/h16-36H,39H2,1-15H3;/q-2;. The topological polar surface area (TPSA) is 35.2 Å². The van der Waals surface area contributed by atoms with E-state index in [1.807, 2.05) is 18.3 Å². The summed E-state index contributed by atoms with van der Waals surface area (Å²) in [6.07, 6.45) is 1.94. The number of imidazole rings is 1. The zero-order chi connectivity index (χ0) is 49.6. The molecule has 0 N–H and O–H groups in total. The van der Waals surface area contributed by atoms with Crippen LogP contribution in [-0.4, -0.2) is 14.1 Å². The van der Waals surface area contributed by atoms with E-state index >= 15 is 0 Å². The summed E-state index contributed by atoms with van der Waals surface area (Å²) < 4.78 is 12.5. The first-order chi connectivity index (χ1) is 32.2. The van der Waals surface area contributed by atoms with Crippen molar-refractivity contribution < 1.29 is 24.1 Å². The van der Waals surface area contributed by atoms with Gasteiger partial charge in [0.1, 0.15) is 0 Å². The number of hydrogen-bond donors (Lipinski definition) is 0. The fourth-order valence-electron chi connectivity index (χ4n) is 9.19. The van der Waals surface area contributed by atoms with Crippen LogP contribution in [0.3, 0.4) is 0 Å². The van der Waals surface area contributed by atoms with Crippen molar-refractivity contribution in [2.45, 2.75) is 137 Å². The Morgan fingerprint density at radius 1 is 0.493 bits per heavy atom. The molecule has 0 radical (unpaired) electrons. The number of aromatic nitrogens is 3. The van der Waals surface area contributed by atoms with Crippen molar-refractivity contribution in [3.8, 4) is 45.1 Å². The van der Waals surface area contributed by atoms with Gasteiger partial charge in [0, 0.05) is 6.20 Å². The number of para-hydroxylation sites is 2. The summed E-state index contributed by atoms with van der Waals surface area (Å²) in [6, 6.07) is 52.0. The maximum Gasteiger partial charge on any atom is -0.0132 e. The molecule has 358 valence electrons. The van der Waals surface area contributed by atoms with Crippen LogP contribution in [0.4, 0.5) is 11.5 Å². The molecule has 8 aromatic rings. The van der Waals surface area contributed by atoms with Gasteiger partial charge in [0.25, 0.3) is 0 Å². The molecule has 0 bridgehead atoms. The van der Waals surface area contributed by atoms with Crippen molar-refractivity contribution in [2.24, 2.45) is 0 Å². The number of hydrogen-bond acceptors (Lipinski definition) is 3. The van der Waals surface area contributed by atoms with Crippen molar-refractivity contribution in [3.63, 3.8) is 0 Å². The monoisotopic (exact) mass is 1090 g/mol. The molecule has 1 aliphatic rings. The average Bonchev–Trinajstić information content (AvgIpc) is 3.58. The van der Waals surface area contributed by atoms with Gasteiger partial charge in [-0.25, -0.2) is 0 Å². The van der Waals surface area contributed by atoms with Crippen LogP contribution < -0.4 is 9.64 Å². The zero-order valence-corrected chi connectivity index (χ0v) is 45.6. The number of ether oxygens (including phenoxy) is 1. The molecule has 5 nitrogen and oxygen atoms in total. The average molecular weight is 1090 g/mol. The molecular weight excluding hydrogens is 1020 g/mol. The van der Waals surface area contributed by atoms with E-state index in [9.17, 15) is 0 Å². The predicted octanol–water partition coefficient (Wildman–Crippen LogP) is 16.8. The Morgan fingerprint density at radius 3 is 1.64 bits per heavy atom. The summed E-state index contributed by atoms with van der Waals surface area (Å²) >= 11 is 2.48. The number of nitrogens with zero attached hydrogens (tertiary/aromatic N) is 4. The van der Waals surface area contributed by atoms with Gasteiger partial charge in [-0.1, -0.05) is 86.6 Å². The van der Waals surface area contributed by atoms with Crippen molar-refractivity contribution in [1.82, 2.24) is 14.1 Å². The molecule has 2 aromatic heterocycles. The third kappa shape index (κ3) is 9.61. The molecule has 0 atom stereocenters. The van der Waals surface area contributed by atoms with Crippen LogP contribution in [0, 0.1) is 15.9 Å². The van der Waals surface area contributed by atoms with Crippen molar-refractivity contribution in [3.05, 3.63) is 177 Å². The first-order valence-corrected chi connectivity index (χ1v) is 25.5. The Balaban J connectivity index is 1.13. The van der Waals surface area contributed by atoms with E-state index in [1.165, 1.54) is 50.1 Å². The summed E-state index contributed by atoms with van der Waals surface area (Å²) in [5, 5.41) is 0. The van der Waals surface area contributed by atoms with E-state index in [4.69, 9.17) is 9.72 Å². The Kier molecular flexibility index (Phi) is 12.1. The fraction of sp³-hybridized carbons (Fsp3) is 0.333. The third-order valence-corrected chi connectivity index (χ3v) is 14.6. The third-order valence-electron chi connectivity index (χ3n) is 13.6. The van der Waals surface area contributed by atoms with Crippen LogP contribution in [0.2, 0.25) is 0 Å². The smallest absolute Gasteiger partial charge is 0.0132 e. The van der Waals surface area contributed by atoms with Crippen molar-refractivity contribution in [2.75, 3.05) is 4.90 Å². The first kappa shape index (κ1) is 48.3. The van der Waals surface area contributed by atoms with Crippen LogP contribution in [0.5, 0.6) is 11.5 Å². The molecule has 9 rings (SSSR count). The molecular formula is C63H68N4OPt-2. The van der Waals surface area contributed by atoms with Gasteiger partial charge in [-0.3, -0.25) is 0 Å². The molecule has 69 heavy (non-hydrogen) atoms. The second-order valence-electron chi connectivity index (χ2n) is 24.2. The molecule has 3 heterocycles. The largest absolute Gasteiger partial charge is 0.0561 e. The molecule has 0 saturated carbocycles. The Hall–Kier alpha value is -5.77. The molecule has 0 amide bonds. The van der Waals surface area contributed by atoms with Gasteiger partial charge < -0.3 is 0 Å². The summed E-state index contributed by atoms with van der Waals surface area (Å²) in [5.74, 6) is 2.11. The number of anilines is 2. The Bertz CT molecular complexity index is 3270. The molecule has 0 aliphatic carbocycles. The van der Waals surface area contributed by atoms with Crippen LogP contribution in [0.1, 0.15) is 137 Å². The van der Waals surface area contributed by atoms with Crippen LogP contribution in [-0.2, 0) is 53.0 Å². The SMILES string of the molecule is CC(C)(C)c1cc(-c2ccc3c(c2)CN(c2cc(C(C)(C)C)ccn2)c2[c-]c(Oc4[c-]c(-n5[c](=[Pt])n(-c6cc(C(C)(C)C)cc(C(C)(C)C)c6)c6ccccc65)ccc4)ccc2-3)cc(C(C)(C)C)c1. The van der Waals surface area contributed by atoms with Crippen molar-refractivity contribution >= 4 is 22.5 Å². The minimum Gasteiger partial charge on any atom is -0.0561 e. The Morgan fingerprint density at radius 2 is 1.04 bits per heavy atom. The van der Waals surface area contributed by atoms with Crippen molar-refractivity contribution in [1.29, 1.82) is 0 Å². The maximum absolute atomic E-state index is 6.78. The van der Waals surface area contributed by atoms with E-state index in [0.717, 1.165) is 43.3 Å². The van der Waals surface area contributed by atoms with Gasteiger partial charge >= 0.3 is 276 Å². The van der Waals surface area contributed by atoms with E-state index in [0.29, 0.717) is 18.0 Å². The van der Waals surface area contributed by atoms with Gasteiger partial charge in [0.15, 0.2) is 0 Å². The number of fused-ring (bicyclic) bond motifs is 4. The summed E-state index contributed by atoms with van der Waals surface area (Å²) in [5.41, 5.74) is 17.7. The molecule has 1 aliphatic heterocycles. The summed E-state index contributed by atoms with van der Waals surface area (Å²) in [6.45, 7) is 35.0. The number of rotatable bonds is 6. The molecule has 0 saturated heterocycles. The quantitative estimate of drug-likeness (QED) is 0.156. The Labute approximate surface area is 422 Å². The maximum atomic E-state index is 6.78. The van der Waals surface area contributed by atoms with Crippen LogP contribution in [0.15, 0.2) is 128 Å². The van der Waals surface area contributed by atoms with Gasteiger partial charge in [-0.2, -0.15) is 0 Å². The molecule has 0 spiro atoms. The second-order valence-corrected chi connectivity index (χ2v) is 25.2. The number of benzene rings is 6. The van der Waals surface area contributed by atoms with Gasteiger partial charge in [0.05, 0.1) is 0 Å². The van der Waals surface area contributed by atoms with Gasteiger partial charge in [0.2, 0.25) is 0 Å². The first-order valence-electron chi connectivity index (χ1n) is 24.4.